The minimum atomic E-state index is -0.524. The zero-order valence-corrected chi connectivity index (χ0v) is 10.1. The number of anilines is 1. The fourth-order valence-electron chi connectivity index (χ4n) is 1.11. The van der Waals surface area contributed by atoms with Crippen LogP contribution < -0.4 is 11.1 Å². The maximum Gasteiger partial charge on any atom is 0.239 e. The fourth-order valence-corrected chi connectivity index (χ4v) is 1.56. The zero-order chi connectivity index (χ0) is 11.6. The number of aryl methyl sites for hydroxylation is 1. The average Bonchev–Trinajstić information content (AvgIpc) is 2.13. The average molecular weight is 275 g/mol. The Bertz CT molecular complexity index is 395. The van der Waals surface area contributed by atoms with Crippen LogP contribution in [-0.4, -0.2) is 11.9 Å². The van der Waals surface area contributed by atoms with Crippen molar-refractivity contribution in [3.8, 4) is 0 Å². The Morgan fingerprint density at radius 1 is 1.60 bits per heavy atom. The number of carbonyl (C=O) groups excluding carboxylic acids is 1. The van der Waals surface area contributed by atoms with E-state index in [1.165, 1.54) is 6.07 Å². The number of hydrogen-bond donors (Lipinski definition) is 2. The van der Waals surface area contributed by atoms with Gasteiger partial charge in [-0.25, -0.2) is 4.39 Å². The second-order valence-electron chi connectivity index (χ2n) is 3.35. The van der Waals surface area contributed by atoms with E-state index in [2.05, 4.69) is 21.2 Å². The number of nitrogens with two attached hydrogens (primary N) is 1. The van der Waals surface area contributed by atoms with Gasteiger partial charge >= 0.3 is 0 Å². The van der Waals surface area contributed by atoms with E-state index in [1.807, 2.05) is 6.92 Å². The molecule has 0 saturated carbocycles. The molecule has 1 atom stereocenters. The zero-order valence-electron chi connectivity index (χ0n) is 8.47. The van der Waals surface area contributed by atoms with Crippen molar-refractivity contribution in [3.05, 3.63) is 28.0 Å². The molecule has 0 spiro atoms. The molecule has 1 amide bonds. The topological polar surface area (TPSA) is 55.1 Å². The summed E-state index contributed by atoms with van der Waals surface area (Å²) in [5, 5.41) is 2.84. The third-order valence-electron chi connectivity index (χ3n) is 2.07. The summed E-state index contributed by atoms with van der Waals surface area (Å²) < 4.78 is 13.6. The molecule has 82 valence electrons. The van der Waals surface area contributed by atoms with Gasteiger partial charge in [-0.15, -0.1) is 0 Å². The summed E-state index contributed by atoms with van der Waals surface area (Å²) in [5.74, 6) is -0.850. The van der Waals surface area contributed by atoms with Crippen molar-refractivity contribution in [2.75, 3.05) is 5.32 Å². The standard InChI is InChI=1S/C10H12BrFN2O/c1-5-3-7(11)8(12)4-9(5)14-6(2)10(13)15/h3-4,6,14H,1-2H3,(H2,13,15). The van der Waals surface area contributed by atoms with Crippen LogP contribution in [0, 0.1) is 12.7 Å². The molecule has 1 aromatic carbocycles. The summed E-state index contributed by atoms with van der Waals surface area (Å²) >= 11 is 3.08. The third-order valence-corrected chi connectivity index (χ3v) is 2.67. The van der Waals surface area contributed by atoms with Gasteiger partial charge in [-0.3, -0.25) is 4.79 Å². The van der Waals surface area contributed by atoms with Gasteiger partial charge in [0.1, 0.15) is 11.9 Å². The molecule has 0 radical (unpaired) electrons. The Balaban J connectivity index is 2.95. The fraction of sp³-hybridized carbons (Fsp3) is 0.300. The number of carbonyl (C=O) groups is 1. The van der Waals surface area contributed by atoms with Gasteiger partial charge in [0.05, 0.1) is 4.47 Å². The molecule has 0 aliphatic carbocycles. The van der Waals surface area contributed by atoms with Crippen LogP contribution in [0.15, 0.2) is 16.6 Å². The number of rotatable bonds is 3. The highest BCUT2D eigenvalue weighted by Crippen LogP contribution is 2.24. The van der Waals surface area contributed by atoms with Gasteiger partial charge in [0.15, 0.2) is 0 Å². The SMILES string of the molecule is Cc1cc(Br)c(F)cc1NC(C)C(N)=O. The second kappa shape index (κ2) is 4.61. The second-order valence-corrected chi connectivity index (χ2v) is 4.20. The molecule has 0 aliphatic rings. The van der Waals surface area contributed by atoms with E-state index < -0.39 is 11.9 Å². The van der Waals surface area contributed by atoms with Gasteiger partial charge in [-0.1, -0.05) is 0 Å². The first-order valence-corrected chi connectivity index (χ1v) is 5.22. The highest BCUT2D eigenvalue weighted by atomic mass is 79.9. The first-order chi connectivity index (χ1) is 6.91. The van der Waals surface area contributed by atoms with Gasteiger partial charge in [0.25, 0.3) is 0 Å². The van der Waals surface area contributed by atoms with Crippen molar-refractivity contribution in [2.45, 2.75) is 19.9 Å². The third kappa shape index (κ3) is 2.92. The molecule has 3 N–H and O–H groups in total. The number of primary amides is 1. The minimum absolute atomic E-state index is 0.375. The molecule has 0 aromatic heterocycles. The summed E-state index contributed by atoms with van der Waals surface area (Å²) in [4.78, 5) is 10.8. The summed E-state index contributed by atoms with van der Waals surface area (Å²) in [6.45, 7) is 3.45. The molecule has 0 heterocycles. The first kappa shape index (κ1) is 12.0. The predicted molar refractivity (Wildman–Crippen MR) is 61.1 cm³/mol. The molecule has 5 heteroatoms. The van der Waals surface area contributed by atoms with Crippen LogP contribution in [0.4, 0.5) is 10.1 Å². The molecular formula is C10H12BrFN2O. The van der Waals surface area contributed by atoms with Crippen molar-refractivity contribution >= 4 is 27.5 Å². The molecule has 1 unspecified atom stereocenters. The number of benzene rings is 1. The van der Waals surface area contributed by atoms with Crippen LogP contribution in [0.25, 0.3) is 0 Å². The van der Waals surface area contributed by atoms with Crippen LogP contribution >= 0.6 is 15.9 Å². The summed E-state index contributed by atoms with van der Waals surface area (Å²) in [7, 11) is 0. The molecule has 0 aliphatic heterocycles. The molecule has 0 fully saturated rings. The van der Waals surface area contributed by atoms with E-state index in [0.29, 0.717) is 10.2 Å². The molecule has 0 saturated heterocycles. The van der Waals surface area contributed by atoms with Crippen LogP contribution in [-0.2, 0) is 4.79 Å². The molecular weight excluding hydrogens is 263 g/mol. The number of halogens is 2. The van der Waals surface area contributed by atoms with Crippen molar-refractivity contribution in [2.24, 2.45) is 5.73 Å². The first-order valence-electron chi connectivity index (χ1n) is 4.43. The van der Waals surface area contributed by atoms with E-state index in [4.69, 9.17) is 5.73 Å². The monoisotopic (exact) mass is 274 g/mol. The van der Waals surface area contributed by atoms with Crippen LogP contribution in [0.5, 0.6) is 0 Å². The molecule has 15 heavy (non-hydrogen) atoms. The Labute approximate surface area is 96.0 Å². The Hall–Kier alpha value is -1.10. The number of hydrogen-bond acceptors (Lipinski definition) is 2. The molecule has 3 nitrogen and oxygen atoms in total. The summed E-state index contributed by atoms with van der Waals surface area (Å²) in [6, 6.07) is 2.45. The largest absolute Gasteiger partial charge is 0.374 e. The van der Waals surface area contributed by atoms with Gasteiger partial charge in [-0.05, 0) is 47.5 Å². The van der Waals surface area contributed by atoms with Gasteiger partial charge in [-0.2, -0.15) is 0 Å². The Kier molecular flexibility index (Phi) is 3.68. The van der Waals surface area contributed by atoms with Gasteiger partial charge in [0, 0.05) is 5.69 Å². The lowest BCUT2D eigenvalue weighted by Crippen LogP contribution is -2.32. The van der Waals surface area contributed by atoms with Crippen molar-refractivity contribution in [1.29, 1.82) is 0 Å². The van der Waals surface area contributed by atoms with Crippen LogP contribution in [0.1, 0.15) is 12.5 Å². The maximum absolute atomic E-state index is 13.2. The van der Waals surface area contributed by atoms with Gasteiger partial charge in [0.2, 0.25) is 5.91 Å². The quantitative estimate of drug-likeness (QED) is 0.888. The lowest BCUT2D eigenvalue weighted by Gasteiger charge is -2.14. The highest BCUT2D eigenvalue weighted by molar-refractivity contribution is 9.10. The van der Waals surface area contributed by atoms with E-state index in [9.17, 15) is 9.18 Å². The van der Waals surface area contributed by atoms with Crippen molar-refractivity contribution in [3.63, 3.8) is 0 Å². The van der Waals surface area contributed by atoms with Crippen molar-refractivity contribution in [1.82, 2.24) is 0 Å². The Morgan fingerprint density at radius 3 is 2.73 bits per heavy atom. The highest BCUT2D eigenvalue weighted by Gasteiger charge is 2.11. The summed E-state index contributed by atoms with van der Waals surface area (Å²) in [5.41, 5.74) is 6.51. The van der Waals surface area contributed by atoms with E-state index >= 15 is 0 Å². The molecule has 1 rings (SSSR count). The predicted octanol–water partition coefficient (Wildman–Crippen LogP) is 2.18. The van der Waals surface area contributed by atoms with E-state index in [1.54, 1.807) is 13.0 Å². The normalized spacial score (nSPS) is 12.3. The van der Waals surface area contributed by atoms with Crippen LogP contribution in [0.2, 0.25) is 0 Å². The minimum Gasteiger partial charge on any atom is -0.374 e. The van der Waals surface area contributed by atoms with E-state index in [0.717, 1.165) is 5.56 Å². The van der Waals surface area contributed by atoms with Crippen molar-refractivity contribution < 1.29 is 9.18 Å². The summed E-state index contributed by atoms with van der Waals surface area (Å²) in [6.07, 6.45) is 0. The molecule has 1 aromatic rings. The number of amides is 1. The van der Waals surface area contributed by atoms with E-state index in [-0.39, 0.29) is 5.82 Å². The maximum atomic E-state index is 13.2. The lowest BCUT2D eigenvalue weighted by atomic mass is 10.1. The molecule has 0 bridgehead atoms. The lowest BCUT2D eigenvalue weighted by molar-refractivity contribution is -0.118. The van der Waals surface area contributed by atoms with Gasteiger partial charge < -0.3 is 11.1 Å². The Morgan fingerprint density at radius 2 is 2.20 bits per heavy atom. The van der Waals surface area contributed by atoms with Crippen LogP contribution in [0.3, 0.4) is 0 Å². The number of nitrogens with one attached hydrogen (secondary N) is 1. The smallest absolute Gasteiger partial charge is 0.239 e.